The van der Waals surface area contributed by atoms with E-state index in [1.165, 1.54) is 35.2 Å². The van der Waals surface area contributed by atoms with Crippen molar-refractivity contribution >= 4 is 33.4 Å². The average Bonchev–Trinajstić information content (AvgIpc) is 3.65. The molecular formula is C25H20F2N4O5S. The van der Waals surface area contributed by atoms with Gasteiger partial charge >= 0.3 is 12.1 Å². The summed E-state index contributed by atoms with van der Waals surface area (Å²) in [5.74, 6) is -0.394. The van der Waals surface area contributed by atoms with Crippen LogP contribution in [0.2, 0.25) is 0 Å². The Kier molecular flexibility index (Phi) is 5.83. The van der Waals surface area contributed by atoms with Crippen LogP contribution in [0.4, 0.5) is 24.1 Å². The number of amides is 4. The summed E-state index contributed by atoms with van der Waals surface area (Å²) < 4.78 is 52.4. The Labute approximate surface area is 211 Å². The van der Waals surface area contributed by atoms with Crippen LogP contribution in [-0.2, 0) is 14.6 Å². The lowest BCUT2D eigenvalue weighted by Crippen LogP contribution is -2.54. The van der Waals surface area contributed by atoms with Gasteiger partial charge in [-0.1, -0.05) is 18.2 Å². The third kappa shape index (κ3) is 4.15. The van der Waals surface area contributed by atoms with Gasteiger partial charge in [-0.3, -0.25) is 9.69 Å². The molecule has 0 spiro atoms. The number of carbonyl (C=O) groups excluding carboxylic acids is 3. The zero-order valence-electron chi connectivity index (χ0n) is 19.5. The molecule has 9 nitrogen and oxygen atoms in total. The summed E-state index contributed by atoms with van der Waals surface area (Å²) in [6, 6.07) is 7.83. The highest BCUT2D eigenvalue weighted by molar-refractivity contribution is 7.90. The van der Waals surface area contributed by atoms with Crippen LogP contribution in [0.1, 0.15) is 42.0 Å². The Hall–Kier alpha value is -4.11. The lowest BCUT2D eigenvalue weighted by molar-refractivity contribution is -0.115. The van der Waals surface area contributed by atoms with Crippen molar-refractivity contribution in [3.05, 3.63) is 70.4 Å². The molecule has 3 aliphatic rings. The molecule has 2 heterocycles. The van der Waals surface area contributed by atoms with Gasteiger partial charge in [0.1, 0.15) is 6.04 Å². The second-order valence-electron chi connectivity index (χ2n) is 8.98. The molecule has 0 N–H and O–H groups in total. The maximum absolute atomic E-state index is 14.0. The molecule has 0 saturated carbocycles. The molecule has 1 saturated heterocycles. The highest BCUT2D eigenvalue weighted by Gasteiger charge is 2.51. The number of nitriles is 1. The number of ketones is 1. The fourth-order valence-corrected chi connectivity index (χ4v) is 5.71. The first-order valence-electron chi connectivity index (χ1n) is 11.3. The van der Waals surface area contributed by atoms with Crippen molar-refractivity contribution in [2.75, 3.05) is 24.2 Å². The van der Waals surface area contributed by atoms with Crippen LogP contribution in [0.3, 0.4) is 0 Å². The van der Waals surface area contributed by atoms with E-state index in [1.54, 1.807) is 0 Å². The Morgan fingerprint density at radius 1 is 1.11 bits per heavy atom. The van der Waals surface area contributed by atoms with Crippen LogP contribution in [-0.4, -0.2) is 55.4 Å². The first-order chi connectivity index (χ1) is 17.5. The van der Waals surface area contributed by atoms with E-state index >= 15 is 0 Å². The van der Waals surface area contributed by atoms with Crippen molar-refractivity contribution in [3.63, 3.8) is 0 Å². The largest absolute Gasteiger partial charge is 0.337 e. The van der Waals surface area contributed by atoms with Gasteiger partial charge in [-0.25, -0.2) is 31.7 Å². The van der Waals surface area contributed by atoms with Gasteiger partial charge in [0, 0.05) is 42.6 Å². The van der Waals surface area contributed by atoms with Crippen molar-refractivity contribution < 1.29 is 31.6 Å². The summed E-state index contributed by atoms with van der Waals surface area (Å²) in [4.78, 5) is 43.6. The van der Waals surface area contributed by atoms with Crippen molar-refractivity contribution in [2.45, 2.75) is 30.2 Å². The molecule has 1 fully saturated rings. The summed E-state index contributed by atoms with van der Waals surface area (Å²) >= 11 is 0. The van der Waals surface area contributed by atoms with Crippen molar-refractivity contribution in [1.29, 1.82) is 5.26 Å². The molecule has 4 amide bonds. The number of rotatable bonds is 4. The van der Waals surface area contributed by atoms with Gasteiger partial charge in [0.25, 0.3) is 6.43 Å². The topological polar surface area (TPSA) is 119 Å². The zero-order chi connectivity index (χ0) is 26.6. The quantitative estimate of drug-likeness (QED) is 0.557. The van der Waals surface area contributed by atoms with Crippen LogP contribution in [0.15, 0.2) is 58.6 Å². The summed E-state index contributed by atoms with van der Waals surface area (Å²) in [5, 5.41) is 9.31. The predicted octanol–water partition coefficient (Wildman–Crippen LogP) is 3.94. The molecule has 1 atom stereocenters. The van der Waals surface area contributed by atoms with Gasteiger partial charge in [0.15, 0.2) is 15.6 Å². The number of anilines is 1. The second kappa shape index (κ2) is 8.77. The number of urea groups is 2. The van der Waals surface area contributed by atoms with E-state index in [1.807, 2.05) is 6.07 Å². The van der Waals surface area contributed by atoms with E-state index in [4.69, 9.17) is 0 Å². The van der Waals surface area contributed by atoms with E-state index < -0.39 is 40.2 Å². The molecule has 12 heteroatoms. The van der Waals surface area contributed by atoms with Crippen LogP contribution in [0.25, 0.3) is 0 Å². The number of benzene rings is 2. The zero-order valence-corrected chi connectivity index (χ0v) is 20.3. The Bertz CT molecular complexity index is 1540. The van der Waals surface area contributed by atoms with Crippen LogP contribution < -0.4 is 4.90 Å². The minimum atomic E-state index is -3.96. The van der Waals surface area contributed by atoms with Gasteiger partial charge in [0.2, 0.25) is 0 Å². The van der Waals surface area contributed by atoms with Crippen LogP contribution in [0, 0.1) is 11.3 Å². The number of halogens is 2. The maximum atomic E-state index is 14.0. The molecule has 2 aromatic carbocycles. The SMILES string of the molecule is CS(=O)(=O)c1cc(C#N)ccc1C1C2=C(CCC2=O)N(c2cccc(C(F)F)c2)C(=O)N1C(=O)N1CC1. The van der Waals surface area contributed by atoms with Gasteiger partial charge in [0.05, 0.1) is 22.2 Å². The molecule has 2 aliphatic heterocycles. The van der Waals surface area contributed by atoms with Gasteiger partial charge in [-0.2, -0.15) is 5.26 Å². The fourth-order valence-electron chi connectivity index (χ4n) is 4.76. The summed E-state index contributed by atoms with van der Waals surface area (Å²) in [7, 11) is -3.96. The van der Waals surface area contributed by atoms with Crippen molar-refractivity contribution in [2.24, 2.45) is 0 Å². The minimum Gasteiger partial charge on any atom is -0.321 e. The fraction of sp³-hybridized carbons (Fsp3) is 0.280. The van der Waals surface area contributed by atoms with E-state index in [0.717, 1.165) is 28.2 Å². The van der Waals surface area contributed by atoms with E-state index in [2.05, 4.69) is 0 Å². The number of allylic oxidation sites excluding steroid dienone is 1. The predicted molar refractivity (Wildman–Crippen MR) is 126 cm³/mol. The molecule has 5 rings (SSSR count). The highest BCUT2D eigenvalue weighted by Crippen LogP contribution is 2.47. The average molecular weight is 527 g/mol. The van der Waals surface area contributed by atoms with Gasteiger partial charge in [-0.05, 0) is 36.2 Å². The molecule has 1 unspecified atom stereocenters. The maximum Gasteiger partial charge on any atom is 0.337 e. The number of alkyl halides is 2. The Morgan fingerprint density at radius 3 is 2.46 bits per heavy atom. The molecule has 2 aromatic rings. The summed E-state index contributed by atoms with van der Waals surface area (Å²) in [6.45, 7) is 0.727. The molecular weight excluding hydrogens is 506 g/mol. The third-order valence-corrected chi connectivity index (χ3v) is 7.69. The van der Waals surface area contributed by atoms with Crippen molar-refractivity contribution in [3.8, 4) is 6.07 Å². The molecule has 0 radical (unpaired) electrons. The van der Waals surface area contributed by atoms with Crippen molar-refractivity contribution in [1.82, 2.24) is 9.80 Å². The number of hydrogen-bond donors (Lipinski definition) is 0. The van der Waals surface area contributed by atoms with E-state index in [0.29, 0.717) is 13.1 Å². The normalized spacial score (nSPS) is 19.4. The number of Topliss-reactive ketones (excluding diaryl/α,β-unsaturated/α-hetero) is 1. The molecule has 37 heavy (non-hydrogen) atoms. The van der Waals surface area contributed by atoms with E-state index in [9.17, 15) is 36.8 Å². The minimum absolute atomic E-state index is 0.00425. The molecule has 190 valence electrons. The number of hydrogen-bond acceptors (Lipinski definition) is 6. The first-order valence-corrected chi connectivity index (χ1v) is 13.2. The molecule has 0 bridgehead atoms. The number of carbonyl (C=O) groups is 3. The van der Waals surface area contributed by atoms with Gasteiger partial charge in [-0.15, -0.1) is 0 Å². The number of sulfone groups is 1. The molecule has 0 aromatic heterocycles. The van der Waals surface area contributed by atoms with Gasteiger partial charge < -0.3 is 4.90 Å². The lowest BCUT2D eigenvalue weighted by Gasteiger charge is -2.41. The summed E-state index contributed by atoms with van der Waals surface area (Å²) in [6.07, 6.45) is -1.78. The number of imide groups is 1. The third-order valence-electron chi connectivity index (χ3n) is 6.54. The van der Waals surface area contributed by atoms with Crippen LogP contribution >= 0.6 is 0 Å². The lowest BCUT2D eigenvalue weighted by atomic mass is 9.92. The number of nitrogens with zero attached hydrogens (tertiary/aromatic N) is 4. The Morgan fingerprint density at radius 2 is 1.84 bits per heavy atom. The smallest absolute Gasteiger partial charge is 0.321 e. The van der Waals surface area contributed by atoms with E-state index in [-0.39, 0.29) is 51.4 Å². The molecule has 1 aliphatic carbocycles. The monoisotopic (exact) mass is 526 g/mol. The highest BCUT2D eigenvalue weighted by atomic mass is 32.2. The first kappa shape index (κ1) is 24.6. The van der Waals surface area contributed by atoms with Crippen LogP contribution in [0.5, 0.6) is 0 Å². The second-order valence-corrected chi connectivity index (χ2v) is 11.0. The Balaban J connectivity index is 1.78. The standard InChI is InChI=1S/C25H20F2N4O5S/c1-37(35,36)20-11-14(13-28)5-6-17(20)22-21-18(7-8-19(21)32)30(16-4-2-3-15(12-16)23(26)27)25(34)31(22)24(33)29-9-10-29/h2-6,11-12,22-23H,7-10H2,1H3. The summed E-state index contributed by atoms with van der Waals surface area (Å²) in [5.41, 5.74) is 0.0580.